The lowest BCUT2D eigenvalue weighted by atomic mass is 10.0. The second-order valence-corrected chi connectivity index (χ2v) is 11.5. The largest absolute Gasteiger partial charge is 0.379 e. The van der Waals surface area contributed by atoms with E-state index in [-0.39, 0.29) is 22.7 Å². The highest BCUT2D eigenvalue weighted by Gasteiger charge is 2.25. The molecule has 0 saturated carbocycles. The van der Waals surface area contributed by atoms with E-state index in [1.807, 2.05) is 0 Å². The van der Waals surface area contributed by atoms with E-state index in [9.17, 15) is 22.8 Å². The van der Waals surface area contributed by atoms with Crippen molar-refractivity contribution in [2.45, 2.75) is 17.4 Å². The molecule has 14 heteroatoms. The minimum absolute atomic E-state index is 0.0443. The Bertz CT molecular complexity index is 1510. The van der Waals surface area contributed by atoms with Crippen molar-refractivity contribution in [2.75, 3.05) is 44.7 Å². The van der Waals surface area contributed by atoms with Crippen LogP contribution in [-0.4, -0.2) is 81.5 Å². The summed E-state index contributed by atoms with van der Waals surface area (Å²) in [5.74, 6) is -1.40. The van der Waals surface area contributed by atoms with Gasteiger partial charge in [-0.05, 0) is 35.9 Å². The maximum Gasteiger partial charge on any atom is 0.251 e. The summed E-state index contributed by atoms with van der Waals surface area (Å²) in [7, 11) is -3.97. The van der Waals surface area contributed by atoms with E-state index < -0.39 is 33.8 Å². The minimum atomic E-state index is -3.97. The summed E-state index contributed by atoms with van der Waals surface area (Å²) in [5.41, 5.74) is 1.12. The van der Waals surface area contributed by atoms with E-state index in [0.29, 0.717) is 42.5 Å². The van der Waals surface area contributed by atoms with E-state index >= 15 is 0 Å². The molecule has 2 aromatic carbocycles. The molecular weight excluding hydrogens is 584 g/mol. The van der Waals surface area contributed by atoms with Gasteiger partial charge < -0.3 is 20.7 Å². The van der Waals surface area contributed by atoms with E-state index in [4.69, 9.17) is 21.5 Å². The van der Waals surface area contributed by atoms with Crippen molar-refractivity contribution in [3.8, 4) is 11.1 Å². The molecule has 0 aliphatic carbocycles. The van der Waals surface area contributed by atoms with Gasteiger partial charge in [0.25, 0.3) is 5.91 Å². The van der Waals surface area contributed by atoms with Gasteiger partial charge in [0.2, 0.25) is 21.8 Å². The zero-order chi connectivity index (χ0) is 30.1. The number of nitrogens with one attached hydrogen (secondary N) is 3. The number of nitrogens with zero attached hydrogens (tertiary/aromatic N) is 2. The first-order valence-corrected chi connectivity index (χ1v) is 15.0. The maximum absolute atomic E-state index is 13.1. The fourth-order valence-electron chi connectivity index (χ4n) is 4.32. The molecule has 1 saturated heterocycles. The van der Waals surface area contributed by atoms with E-state index in [1.54, 1.807) is 36.4 Å². The van der Waals surface area contributed by atoms with Crippen molar-refractivity contribution in [1.82, 2.24) is 20.5 Å². The number of anilines is 1. The Hall–Kier alpha value is -3.88. The minimum Gasteiger partial charge on any atom is -0.379 e. The number of amides is 3. The van der Waals surface area contributed by atoms with Crippen LogP contribution in [0.3, 0.4) is 0 Å². The van der Waals surface area contributed by atoms with Gasteiger partial charge in [-0.1, -0.05) is 41.9 Å². The number of carbonyl (C=O) groups excluding carboxylic acids is 3. The lowest BCUT2D eigenvalue weighted by molar-refractivity contribution is -0.126. The number of benzene rings is 2. The molecule has 1 aliphatic heterocycles. The average Bonchev–Trinajstić information content (AvgIpc) is 2.98. The molecule has 12 nitrogen and oxygen atoms in total. The lowest BCUT2D eigenvalue weighted by Gasteiger charge is -2.27. The Balaban J connectivity index is 1.45. The van der Waals surface area contributed by atoms with E-state index in [0.717, 1.165) is 13.1 Å². The van der Waals surface area contributed by atoms with Crippen LogP contribution >= 0.6 is 11.6 Å². The first-order chi connectivity index (χ1) is 20.1. The number of ether oxygens (including phenoxy) is 1. The van der Waals surface area contributed by atoms with E-state index in [2.05, 4.69) is 25.8 Å². The Kier molecular flexibility index (Phi) is 10.6. The third-order valence-corrected chi connectivity index (χ3v) is 7.68. The number of aromatic nitrogens is 1. The van der Waals surface area contributed by atoms with E-state index in [1.165, 1.54) is 30.5 Å². The molecule has 42 heavy (non-hydrogen) atoms. The maximum atomic E-state index is 13.1. The van der Waals surface area contributed by atoms with Crippen LogP contribution in [0, 0.1) is 0 Å². The van der Waals surface area contributed by atoms with Gasteiger partial charge in [-0.15, -0.1) is 0 Å². The van der Waals surface area contributed by atoms with Crippen LogP contribution in [0.25, 0.3) is 11.1 Å². The van der Waals surface area contributed by atoms with Gasteiger partial charge in [-0.3, -0.25) is 19.3 Å². The standard InChI is InChI=1S/C28H31ClN6O6S/c29-21-9-10-25(32-18-21)34-26(36)17-23(28(38)31-11-12-35-13-15-41-16-14-35)33-27(37)20-7-5-19(6-8-20)22-3-1-2-4-24(22)42(30,39)40/h1-10,18,23H,11-17H2,(H,31,38)(H,33,37)(H2,30,39,40)(H,32,34,36). The van der Waals surface area contributed by atoms with Gasteiger partial charge in [-0.2, -0.15) is 0 Å². The number of halogens is 1. The number of primary sulfonamides is 1. The van der Waals surface area contributed by atoms with Gasteiger partial charge in [0.05, 0.1) is 29.6 Å². The van der Waals surface area contributed by atoms with Crippen LogP contribution in [-0.2, 0) is 24.3 Å². The van der Waals surface area contributed by atoms with Crippen LogP contribution in [0.1, 0.15) is 16.8 Å². The molecule has 2 heterocycles. The molecular formula is C28H31ClN6O6S. The topological polar surface area (TPSA) is 173 Å². The zero-order valence-corrected chi connectivity index (χ0v) is 24.2. The number of hydrogen-bond donors (Lipinski definition) is 4. The molecule has 1 aromatic heterocycles. The highest BCUT2D eigenvalue weighted by molar-refractivity contribution is 7.89. The molecule has 3 amide bonds. The number of sulfonamides is 1. The van der Waals surface area contributed by atoms with Crippen LogP contribution < -0.4 is 21.1 Å². The third kappa shape index (κ3) is 8.81. The summed E-state index contributed by atoms with van der Waals surface area (Å²) in [6, 6.07) is 14.3. The van der Waals surface area contributed by atoms with Crippen LogP contribution in [0.5, 0.6) is 0 Å². The highest BCUT2D eigenvalue weighted by Crippen LogP contribution is 2.26. The number of nitrogens with two attached hydrogens (primary N) is 1. The summed E-state index contributed by atoms with van der Waals surface area (Å²) < 4.78 is 29.3. The van der Waals surface area contributed by atoms with Gasteiger partial charge in [0.15, 0.2) is 0 Å². The molecule has 1 unspecified atom stereocenters. The number of carbonyl (C=O) groups is 3. The smallest absolute Gasteiger partial charge is 0.251 e. The Morgan fingerprint density at radius 2 is 1.74 bits per heavy atom. The van der Waals surface area contributed by atoms with Gasteiger partial charge in [0.1, 0.15) is 11.9 Å². The van der Waals surface area contributed by atoms with Crippen molar-refractivity contribution >= 4 is 45.2 Å². The fraction of sp³-hybridized carbons (Fsp3) is 0.286. The number of hydrogen-bond acceptors (Lipinski definition) is 8. The summed E-state index contributed by atoms with van der Waals surface area (Å²) in [6.07, 6.45) is 1.03. The molecule has 0 radical (unpaired) electrons. The Labute approximate surface area is 248 Å². The lowest BCUT2D eigenvalue weighted by Crippen LogP contribution is -2.50. The second-order valence-electron chi connectivity index (χ2n) is 9.50. The number of rotatable bonds is 11. The van der Waals surface area contributed by atoms with Crippen molar-refractivity contribution in [3.05, 3.63) is 77.4 Å². The molecule has 1 fully saturated rings. The normalized spacial score (nSPS) is 14.5. The van der Waals surface area contributed by atoms with Crippen LogP contribution in [0.4, 0.5) is 5.82 Å². The summed E-state index contributed by atoms with van der Waals surface area (Å²) >= 11 is 5.85. The first-order valence-electron chi connectivity index (χ1n) is 13.1. The summed E-state index contributed by atoms with van der Waals surface area (Å²) in [4.78, 5) is 45.1. The number of pyridine rings is 1. The number of morpholine rings is 1. The summed E-state index contributed by atoms with van der Waals surface area (Å²) in [6.45, 7) is 3.67. The van der Waals surface area contributed by atoms with Gasteiger partial charge in [-0.25, -0.2) is 18.5 Å². The quantitative estimate of drug-likeness (QED) is 0.252. The Morgan fingerprint density at radius 1 is 1.02 bits per heavy atom. The summed E-state index contributed by atoms with van der Waals surface area (Å²) in [5, 5.41) is 13.8. The third-order valence-electron chi connectivity index (χ3n) is 6.49. The van der Waals surface area contributed by atoms with Crippen LogP contribution in [0.15, 0.2) is 71.8 Å². The predicted molar refractivity (Wildman–Crippen MR) is 157 cm³/mol. The molecule has 1 atom stereocenters. The van der Waals surface area contributed by atoms with Crippen molar-refractivity contribution < 1.29 is 27.5 Å². The van der Waals surface area contributed by atoms with Crippen molar-refractivity contribution in [1.29, 1.82) is 0 Å². The zero-order valence-electron chi connectivity index (χ0n) is 22.6. The van der Waals surface area contributed by atoms with Crippen LogP contribution in [0.2, 0.25) is 5.02 Å². The molecule has 222 valence electrons. The highest BCUT2D eigenvalue weighted by atomic mass is 35.5. The Morgan fingerprint density at radius 3 is 2.40 bits per heavy atom. The first kappa shape index (κ1) is 31.1. The molecule has 4 rings (SSSR count). The monoisotopic (exact) mass is 614 g/mol. The van der Waals surface area contributed by atoms with Gasteiger partial charge >= 0.3 is 0 Å². The second kappa shape index (κ2) is 14.3. The fourth-order valence-corrected chi connectivity index (χ4v) is 5.19. The van der Waals surface area contributed by atoms with Gasteiger partial charge in [0, 0.05) is 43.5 Å². The molecule has 1 aliphatic rings. The average molecular weight is 615 g/mol. The predicted octanol–water partition coefficient (Wildman–Crippen LogP) is 1.62. The van der Waals surface area contributed by atoms with Crippen molar-refractivity contribution in [3.63, 3.8) is 0 Å². The molecule has 0 spiro atoms. The van der Waals surface area contributed by atoms with Crippen molar-refractivity contribution in [2.24, 2.45) is 5.14 Å². The SMILES string of the molecule is NS(=O)(=O)c1ccccc1-c1ccc(C(=O)NC(CC(=O)Nc2ccc(Cl)cn2)C(=O)NCCN2CCOCC2)cc1. The molecule has 0 bridgehead atoms. The molecule has 5 N–H and O–H groups in total. The molecule has 3 aromatic rings.